The highest BCUT2D eigenvalue weighted by atomic mass is 35.5. The fourth-order valence-corrected chi connectivity index (χ4v) is 4.16. The summed E-state index contributed by atoms with van der Waals surface area (Å²) in [6.07, 6.45) is 6.37. The first kappa shape index (κ1) is 20.8. The number of halogens is 1. The van der Waals surface area contributed by atoms with E-state index in [0.717, 1.165) is 27.5 Å². The molecule has 6 heteroatoms. The van der Waals surface area contributed by atoms with Crippen LogP contribution in [-0.2, 0) is 7.05 Å². The molecule has 0 aliphatic carbocycles. The van der Waals surface area contributed by atoms with Crippen LogP contribution < -0.4 is 5.56 Å². The Labute approximate surface area is 194 Å². The summed E-state index contributed by atoms with van der Waals surface area (Å²) in [4.78, 5) is 35.3. The van der Waals surface area contributed by atoms with Crippen molar-refractivity contribution in [1.29, 1.82) is 0 Å². The number of ketones is 1. The summed E-state index contributed by atoms with van der Waals surface area (Å²) in [6.45, 7) is 0. The maximum absolute atomic E-state index is 13.4. The van der Waals surface area contributed by atoms with Gasteiger partial charge in [-0.2, -0.15) is 0 Å². The number of aryl methyl sites for hydroxylation is 1. The molecule has 33 heavy (non-hydrogen) atoms. The first-order valence-corrected chi connectivity index (χ1v) is 10.7. The Hall–Kier alpha value is -4.09. The molecule has 0 atom stereocenters. The van der Waals surface area contributed by atoms with Crippen molar-refractivity contribution >= 4 is 45.4 Å². The molecule has 0 bridgehead atoms. The van der Waals surface area contributed by atoms with Gasteiger partial charge in [0.25, 0.3) is 5.56 Å². The van der Waals surface area contributed by atoms with Crippen LogP contribution in [0.3, 0.4) is 0 Å². The van der Waals surface area contributed by atoms with Gasteiger partial charge >= 0.3 is 0 Å². The molecule has 0 saturated carbocycles. The number of carbonyl (C=O) groups is 1. The Balaban J connectivity index is 1.69. The van der Waals surface area contributed by atoms with Gasteiger partial charge in [0.15, 0.2) is 5.78 Å². The zero-order valence-electron chi connectivity index (χ0n) is 17.7. The first-order valence-electron chi connectivity index (χ1n) is 10.3. The highest BCUT2D eigenvalue weighted by molar-refractivity contribution is 6.31. The molecule has 3 aromatic carbocycles. The van der Waals surface area contributed by atoms with Gasteiger partial charge in [0, 0.05) is 35.4 Å². The molecule has 5 rings (SSSR count). The van der Waals surface area contributed by atoms with Crippen LogP contribution in [0, 0.1) is 0 Å². The monoisotopic (exact) mass is 451 g/mol. The standard InChI is InChI=1S/C27H18ClN3O2/c1-31-23-11-9-19(28)16-20(23)25(18-5-3-2-4-6-18)26(27(31)33)24(32)12-8-17-7-10-21-22(15-17)30-14-13-29-21/h2-16H,1H3/b12-8+. The fourth-order valence-electron chi connectivity index (χ4n) is 3.99. The molecule has 160 valence electrons. The lowest BCUT2D eigenvalue weighted by molar-refractivity contribution is 0.104. The number of rotatable bonds is 4. The Kier molecular flexibility index (Phi) is 5.32. The number of hydrogen-bond donors (Lipinski definition) is 0. The van der Waals surface area contributed by atoms with Crippen LogP contribution in [0.15, 0.2) is 90.0 Å². The smallest absolute Gasteiger partial charge is 0.262 e. The number of benzene rings is 3. The Morgan fingerprint density at radius 3 is 2.48 bits per heavy atom. The summed E-state index contributed by atoms with van der Waals surface area (Å²) >= 11 is 6.29. The zero-order valence-corrected chi connectivity index (χ0v) is 18.5. The second-order valence-electron chi connectivity index (χ2n) is 7.64. The van der Waals surface area contributed by atoms with Crippen molar-refractivity contribution in [3.05, 3.63) is 112 Å². The number of pyridine rings is 1. The van der Waals surface area contributed by atoms with Crippen molar-refractivity contribution in [1.82, 2.24) is 14.5 Å². The van der Waals surface area contributed by atoms with Crippen molar-refractivity contribution < 1.29 is 4.79 Å². The van der Waals surface area contributed by atoms with E-state index in [1.54, 1.807) is 43.7 Å². The molecule has 0 saturated heterocycles. The van der Waals surface area contributed by atoms with Crippen molar-refractivity contribution in [3.8, 4) is 11.1 Å². The molecule has 0 radical (unpaired) electrons. The predicted octanol–water partition coefficient (Wildman–Crippen LogP) is 5.70. The lowest BCUT2D eigenvalue weighted by Gasteiger charge is -2.15. The van der Waals surface area contributed by atoms with E-state index in [-0.39, 0.29) is 16.9 Å². The van der Waals surface area contributed by atoms with Crippen molar-refractivity contribution in [2.75, 3.05) is 0 Å². The van der Waals surface area contributed by atoms with Crippen LogP contribution in [-0.4, -0.2) is 20.3 Å². The number of carbonyl (C=O) groups excluding carboxylic acids is 1. The van der Waals surface area contributed by atoms with Crippen LogP contribution in [0.4, 0.5) is 0 Å². The average molecular weight is 452 g/mol. The largest absolute Gasteiger partial charge is 0.311 e. The molecular weight excluding hydrogens is 434 g/mol. The van der Waals surface area contributed by atoms with Gasteiger partial charge in [-0.15, -0.1) is 0 Å². The van der Waals surface area contributed by atoms with Gasteiger partial charge in [-0.3, -0.25) is 19.6 Å². The van der Waals surface area contributed by atoms with E-state index in [9.17, 15) is 9.59 Å². The SMILES string of the molecule is Cn1c(=O)c(C(=O)/C=C/c2ccc3nccnc3c2)c(-c2ccccc2)c2cc(Cl)ccc21. The summed E-state index contributed by atoms with van der Waals surface area (Å²) in [6, 6.07) is 20.3. The van der Waals surface area contributed by atoms with E-state index in [0.29, 0.717) is 16.1 Å². The molecular formula is C27H18ClN3O2. The second kappa shape index (κ2) is 8.45. The molecule has 2 aromatic heterocycles. The maximum Gasteiger partial charge on any atom is 0.262 e. The molecule has 5 nitrogen and oxygen atoms in total. The minimum atomic E-state index is -0.379. The van der Waals surface area contributed by atoms with Gasteiger partial charge in [-0.25, -0.2) is 0 Å². The van der Waals surface area contributed by atoms with E-state index < -0.39 is 0 Å². The van der Waals surface area contributed by atoms with Gasteiger partial charge in [0.1, 0.15) is 0 Å². The number of hydrogen-bond acceptors (Lipinski definition) is 4. The maximum atomic E-state index is 13.4. The van der Waals surface area contributed by atoms with Crippen molar-refractivity contribution in [2.24, 2.45) is 7.05 Å². The van der Waals surface area contributed by atoms with E-state index in [1.165, 1.54) is 10.6 Å². The van der Waals surface area contributed by atoms with E-state index in [4.69, 9.17) is 11.6 Å². The topological polar surface area (TPSA) is 64.8 Å². The van der Waals surface area contributed by atoms with Gasteiger partial charge in [-0.05, 0) is 47.5 Å². The summed E-state index contributed by atoms with van der Waals surface area (Å²) < 4.78 is 1.49. The number of allylic oxidation sites excluding steroid dienone is 1. The van der Waals surface area contributed by atoms with E-state index in [2.05, 4.69) is 9.97 Å². The van der Waals surface area contributed by atoms with Crippen LogP contribution in [0.1, 0.15) is 15.9 Å². The van der Waals surface area contributed by atoms with Gasteiger partial charge < -0.3 is 4.57 Å². The molecule has 0 amide bonds. The Morgan fingerprint density at radius 1 is 0.939 bits per heavy atom. The summed E-state index contributed by atoms with van der Waals surface area (Å²) in [5, 5.41) is 1.28. The van der Waals surface area contributed by atoms with E-state index >= 15 is 0 Å². The van der Waals surface area contributed by atoms with E-state index in [1.807, 2.05) is 48.5 Å². The average Bonchev–Trinajstić information content (AvgIpc) is 2.85. The number of aromatic nitrogens is 3. The molecule has 0 fully saturated rings. The van der Waals surface area contributed by atoms with Crippen LogP contribution in [0.5, 0.6) is 0 Å². The Bertz CT molecular complexity index is 1620. The Morgan fingerprint density at radius 2 is 1.70 bits per heavy atom. The summed E-state index contributed by atoms with van der Waals surface area (Å²) in [5.41, 5.74) is 4.10. The third-order valence-electron chi connectivity index (χ3n) is 5.59. The lowest BCUT2D eigenvalue weighted by Crippen LogP contribution is -2.25. The normalized spacial score (nSPS) is 11.5. The van der Waals surface area contributed by atoms with Gasteiger partial charge in [0.2, 0.25) is 0 Å². The molecule has 0 spiro atoms. The van der Waals surface area contributed by atoms with Gasteiger partial charge in [0.05, 0.1) is 22.1 Å². The summed E-state index contributed by atoms with van der Waals surface area (Å²) in [7, 11) is 1.66. The third kappa shape index (κ3) is 3.83. The first-order chi connectivity index (χ1) is 16.0. The second-order valence-corrected chi connectivity index (χ2v) is 8.08. The molecule has 0 unspecified atom stereocenters. The third-order valence-corrected chi connectivity index (χ3v) is 5.82. The summed E-state index contributed by atoms with van der Waals surface area (Å²) in [5.74, 6) is -0.379. The van der Waals surface area contributed by atoms with Crippen LogP contribution in [0.2, 0.25) is 5.02 Å². The molecule has 5 aromatic rings. The highest BCUT2D eigenvalue weighted by Crippen LogP contribution is 2.32. The van der Waals surface area contributed by atoms with Gasteiger partial charge in [-0.1, -0.05) is 54.1 Å². The van der Waals surface area contributed by atoms with Crippen molar-refractivity contribution in [3.63, 3.8) is 0 Å². The minimum absolute atomic E-state index is 0.107. The predicted molar refractivity (Wildman–Crippen MR) is 133 cm³/mol. The quantitative estimate of drug-likeness (QED) is 0.260. The van der Waals surface area contributed by atoms with Crippen LogP contribution in [0.25, 0.3) is 39.1 Å². The molecule has 0 aliphatic heterocycles. The minimum Gasteiger partial charge on any atom is -0.311 e. The lowest BCUT2D eigenvalue weighted by atomic mass is 9.93. The van der Waals surface area contributed by atoms with Crippen LogP contribution >= 0.6 is 11.6 Å². The molecule has 2 heterocycles. The zero-order chi connectivity index (χ0) is 22.9. The number of fused-ring (bicyclic) bond motifs is 2. The molecule has 0 N–H and O–H groups in total. The fraction of sp³-hybridized carbons (Fsp3) is 0.0370. The number of nitrogens with zero attached hydrogens (tertiary/aromatic N) is 3. The molecule has 0 aliphatic rings. The van der Waals surface area contributed by atoms with Crippen molar-refractivity contribution in [2.45, 2.75) is 0 Å². The highest BCUT2D eigenvalue weighted by Gasteiger charge is 2.21.